The zero-order valence-electron chi connectivity index (χ0n) is 15.8. The molecule has 0 saturated heterocycles. The normalized spacial score (nSPS) is 9.93. The molecule has 2 aromatic heterocycles. The van der Waals surface area contributed by atoms with E-state index in [4.69, 9.17) is 15.2 Å². The summed E-state index contributed by atoms with van der Waals surface area (Å²) in [5.41, 5.74) is 9.35. The van der Waals surface area contributed by atoms with Gasteiger partial charge in [-0.25, -0.2) is 4.98 Å². The van der Waals surface area contributed by atoms with Gasteiger partial charge in [-0.3, -0.25) is 9.55 Å². The smallest absolute Gasteiger partial charge is 0.119 e. The van der Waals surface area contributed by atoms with Gasteiger partial charge in [0, 0.05) is 29.3 Å². The van der Waals surface area contributed by atoms with Gasteiger partial charge in [0.1, 0.15) is 11.5 Å². The largest absolute Gasteiger partial charge is 0.497 e. The number of hydrogen-bond donors (Lipinski definition) is 1. The first kappa shape index (κ1) is 19.0. The number of nitrogens with two attached hydrogens (primary N) is 1. The van der Waals surface area contributed by atoms with Crippen LogP contribution in [0.15, 0.2) is 85.6 Å². The second-order valence-electron chi connectivity index (χ2n) is 5.86. The summed E-state index contributed by atoms with van der Waals surface area (Å²) in [6.45, 7) is 0. The van der Waals surface area contributed by atoms with Crippen LogP contribution in [-0.4, -0.2) is 28.8 Å². The molecule has 0 saturated carbocycles. The summed E-state index contributed by atoms with van der Waals surface area (Å²) in [5, 5.41) is 0. The summed E-state index contributed by atoms with van der Waals surface area (Å²) < 4.78 is 12.1. The number of nitrogen functional groups attached to an aromatic ring is 1. The number of aromatic nitrogens is 3. The van der Waals surface area contributed by atoms with E-state index in [1.807, 2.05) is 59.3 Å². The maximum Gasteiger partial charge on any atom is 0.119 e. The van der Waals surface area contributed by atoms with Crippen molar-refractivity contribution in [3.63, 3.8) is 0 Å². The Labute approximate surface area is 164 Å². The zero-order chi connectivity index (χ0) is 19.8. The lowest BCUT2D eigenvalue weighted by molar-refractivity contribution is 0.414. The first-order chi connectivity index (χ1) is 13.7. The quantitative estimate of drug-likeness (QED) is 0.541. The Balaban J connectivity index is 0.000000211. The van der Waals surface area contributed by atoms with E-state index in [1.165, 1.54) is 0 Å². The molecule has 0 radical (unpaired) electrons. The minimum absolute atomic E-state index is 0.760. The van der Waals surface area contributed by atoms with Crippen molar-refractivity contribution >= 4 is 5.69 Å². The lowest BCUT2D eigenvalue weighted by Crippen LogP contribution is -1.95. The van der Waals surface area contributed by atoms with Gasteiger partial charge in [0.2, 0.25) is 0 Å². The molecule has 4 aromatic rings. The third-order valence-corrected chi connectivity index (χ3v) is 4.08. The molecule has 2 heterocycles. The maximum atomic E-state index is 5.43. The molecule has 6 heteroatoms. The van der Waals surface area contributed by atoms with Crippen LogP contribution in [0.25, 0.3) is 16.9 Å². The van der Waals surface area contributed by atoms with E-state index in [-0.39, 0.29) is 0 Å². The molecule has 0 unspecified atom stereocenters. The highest BCUT2D eigenvalue weighted by atomic mass is 16.5. The lowest BCUT2D eigenvalue weighted by atomic mass is 10.2. The molecule has 0 bridgehead atoms. The van der Waals surface area contributed by atoms with Crippen LogP contribution in [0.2, 0.25) is 0 Å². The number of nitrogens with zero attached hydrogens (tertiary/aromatic N) is 3. The van der Waals surface area contributed by atoms with Crippen molar-refractivity contribution in [2.45, 2.75) is 0 Å². The van der Waals surface area contributed by atoms with Crippen molar-refractivity contribution in [3.05, 3.63) is 85.6 Å². The van der Waals surface area contributed by atoms with Gasteiger partial charge in [0.05, 0.1) is 32.4 Å². The van der Waals surface area contributed by atoms with E-state index in [1.54, 1.807) is 45.1 Å². The van der Waals surface area contributed by atoms with Crippen LogP contribution in [0, 0.1) is 0 Å². The SMILES string of the molecule is COc1ccc(-n2cncc2-c2ccncc2)cc1.COc1ccc(N)cc1. The fourth-order valence-corrected chi connectivity index (χ4v) is 2.58. The van der Waals surface area contributed by atoms with Crippen LogP contribution in [-0.2, 0) is 0 Å². The van der Waals surface area contributed by atoms with Crippen LogP contribution in [0.3, 0.4) is 0 Å². The fraction of sp³-hybridized carbons (Fsp3) is 0.0909. The highest BCUT2D eigenvalue weighted by Gasteiger charge is 2.06. The Kier molecular flexibility index (Phi) is 6.25. The second-order valence-corrected chi connectivity index (χ2v) is 5.86. The predicted molar refractivity (Wildman–Crippen MR) is 111 cm³/mol. The van der Waals surface area contributed by atoms with Crippen molar-refractivity contribution in [2.75, 3.05) is 20.0 Å². The third-order valence-electron chi connectivity index (χ3n) is 4.08. The van der Waals surface area contributed by atoms with E-state index in [2.05, 4.69) is 9.97 Å². The van der Waals surface area contributed by atoms with Crippen molar-refractivity contribution in [2.24, 2.45) is 0 Å². The van der Waals surface area contributed by atoms with Crippen molar-refractivity contribution < 1.29 is 9.47 Å². The summed E-state index contributed by atoms with van der Waals surface area (Å²) in [6, 6.07) is 19.1. The molecular weight excluding hydrogens is 352 g/mol. The molecular formula is C22H22N4O2. The van der Waals surface area contributed by atoms with Crippen LogP contribution >= 0.6 is 0 Å². The molecule has 4 rings (SSSR count). The third kappa shape index (κ3) is 4.67. The first-order valence-corrected chi connectivity index (χ1v) is 8.68. The number of pyridine rings is 1. The Bertz CT molecular complexity index is 981. The van der Waals surface area contributed by atoms with E-state index in [0.717, 1.165) is 34.1 Å². The molecule has 0 amide bonds. The molecule has 0 aliphatic carbocycles. The molecule has 0 fully saturated rings. The first-order valence-electron chi connectivity index (χ1n) is 8.68. The summed E-state index contributed by atoms with van der Waals surface area (Å²) in [5.74, 6) is 1.68. The molecule has 0 atom stereocenters. The van der Waals surface area contributed by atoms with Crippen molar-refractivity contribution in [1.82, 2.24) is 14.5 Å². The number of benzene rings is 2. The molecule has 0 aliphatic rings. The predicted octanol–water partition coefficient (Wildman–Crippen LogP) is 4.22. The van der Waals surface area contributed by atoms with Gasteiger partial charge in [-0.1, -0.05) is 0 Å². The van der Waals surface area contributed by atoms with Gasteiger partial charge in [-0.2, -0.15) is 0 Å². The summed E-state index contributed by atoms with van der Waals surface area (Å²) in [4.78, 5) is 8.26. The average Bonchev–Trinajstić information content (AvgIpc) is 3.25. The number of methoxy groups -OCH3 is 2. The highest BCUT2D eigenvalue weighted by molar-refractivity contribution is 5.61. The Morgan fingerprint density at radius 1 is 0.750 bits per heavy atom. The van der Waals surface area contributed by atoms with E-state index in [0.29, 0.717) is 0 Å². The average molecular weight is 374 g/mol. The molecule has 28 heavy (non-hydrogen) atoms. The van der Waals surface area contributed by atoms with Crippen LogP contribution in [0.4, 0.5) is 5.69 Å². The molecule has 0 spiro atoms. The van der Waals surface area contributed by atoms with Crippen LogP contribution < -0.4 is 15.2 Å². The lowest BCUT2D eigenvalue weighted by Gasteiger charge is -2.08. The van der Waals surface area contributed by atoms with E-state index < -0.39 is 0 Å². The molecule has 142 valence electrons. The van der Waals surface area contributed by atoms with Gasteiger partial charge in [-0.15, -0.1) is 0 Å². The van der Waals surface area contributed by atoms with E-state index >= 15 is 0 Å². The second kappa shape index (κ2) is 9.23. The fourth-order valence-electron chi connectivity index (χ4n) is 2.58. The van der Waals surface area contributed by atoms with Crippen molar-refractivity contribution in [3.8, 4) is 28.4 Å². The van der Waals surface area contributed by atoms with Crippen molar-refractivity contribution in [1.29, 1.82) is 0 Å². The summed E-state index contributed by atoms with van der Waals surface area (Å²) in [6.07, 6.45) is 7.21. The Hall–Kier alpha value is -3.80. The van der Waals surface area contributed by atoms with Crippen LogP contribution in [0.5, 0.6) is 11.5 Å². The number of imidazole rings is 1. The maximum absolute atomic E-state index is 5.43. The topological polar surface area (TPSA) is 75.2 Å². The number of rotatable bonds is 4. The molecule has 0 aliphatic heterocycles. The van der Waals surface area contributed by atoms with Gasteiger partial charge < -0.3 is 15.2 Å². The van der Waals surface area contributed by atoms with Crippen LogP contribution in [0.1, 0.15) is 0 Å². The monoisotopic (exact) mass is 374 g/mol. The molecule has 2 aromatic carbocycles. The van der Waals surface area contributed by atoms with Gasteiger partial charge in [-0.05, 0) is 60.7 Å². The minimum atomic E-state index is 0.760. The summed E-state index contributed by atoms with van der Waals surface area (Å²) in [7, 11) is 3.29. The molecule has 2 N–H and O–H groups in total. The Morgan fingerprint density at radius 3 is 1.89 bits per heavy atom. The standard InChI is InChI=1S/C15H13N3O.C7H9NO/c1-19-14-4-2-13(3-5-14)18-11-17-10-15(18)12-6-8-16-9-7-12;1-9-7-4-2-6(8)3-5-7/h2-11H,1H3;2-5H,8H2,1H3. The number of ether oxygens (including phenoxy) is 2. The zero-order valence-corrected chi connectivity index (χ0v) is 15.8. The van der Waals surface area contributed by atoms with Gasteiger partial charge in [0.15, 0.2) is 0 Å². The Morgan fingerprint density at radius 2 is 1.32 bits per heavy atom. The van der Waals surface area contributed by atoms with E-state index in [9.17, 15) is 0 Å². The van der Waals surface area contributed by atoms with Gasteiger partial charge in [0.25, 0.3) is 0 Å². The highest BCUT2D eigenvalue weighted by Crippen LogP contribution is 2.23. The molecule has 6 nitrogen and oxygen atoms in total. The van der Waals surface area contributed by atoms with Gasteiger partial charge >= 0.3 is 0 Å². The minimum Gasteiger partial charge on any atom is -0.497 e. The summed E-state index contributed by atoms with van der Waals surface area (Å²) >= 11 is 0. The number of anilines is 1. The number of hydrogen-bond acceptors (Lipinski definition) is 5.